The summed E-state index contributed by atoms with van der Waals surface area (Å²) in [5.74, 6) is -0.238. The molecule has 3 heteroatoms. The van der Waals surface area contributed by atoms with Crippen molar-refractivity contribution < 1.29 is 14.3 Å². The molecule has 0 bridgehead atoms. The van der Waals surface area contributed by atoms with Gasteiger partial charge in [-0.1, -0.05) is 59.7 Å². The van der Waals surface area contributed by atoms with Gasteiger partial charge in [0.1, 0.15) is 13.2 Å². The van der Waals surface area contributed by atoms with E-state index in [1.54, 1.807) is 24.3 Å². The minimum atomic E-state index is -0.119. The van der Waals surface area contributed by atoms with Crippen LogP contribution >= 0.6 is 0 Å². The molecule has 108 valence electrons. The molecule has 2 aromatic rings. The molecular formula is C18H18O3. The molecule has 0 saturated heterocycles. The molecule has 0 unspecified atom stereocenters. The van der Waals surface area contributed by atoms with Crippen LogP contribution in [-0.2, 0) is 4.74 Å². The number of ketones is 2. The zero-order chi connectivity index (χ0) is 15.2. The van der Waals surface area contributed by atoms with E-state index in [-0.39, 0.29) is 24.8 Å². The number of hydrogen-bond acceptors (Lipinski definition) is 3. The van der Waals surface area contributed by atoms with Crippen molar-refractivity contribution in [3.05, 3.63) is 70.8 Å². The second-order valence-electron chi connectivity index (χ2n) is 5.07. The second kappa shape index (κ2) is 6.95. The lowest BCUT2D eigenvalue weighted by atomic mass is 10.1. The topological polar surface area (TPSA) is 43.4 Å². The largest absolute Gasteiger partial charge is 0.365 e. The van der Waals surface area contributed by atoms with Crippen molar-refractivity contribution in [2.75, 3.05) is 13.2 Å². The van der Waals surface area contributed by atoms with Crippen molar-refractivity contribution in [1.29, 1.82) is 0 Å². The predicted molar refractivity (Wildman–Crippen MR) is 81.8 cm³/mol. The van der Waals surface area contributed by atoms with Crippen molar-refractivity contribution >= 4 is 11.6 Å². The number of carbonyl (C=O) groups is 2. The summed E-state index contributed by atoms with van der Waals surface area (Å²) in [6, 6.07) is 14.6. The van der Waals surface area contributed by atoms with E-state index < -0.39 is 0 Å². The Morgan fingerprint density at radius 3 is 1.38 bits per heavy atom. The van der Waals surface area contributed by atoms with Crippen molar-refractivity contribution in [2.45, 2.75) is 13.8 Å². The highest BCUT2D eigenvalue weighted by molar-refractivity contribution is 5.99. The zero-order valence-corrected chi connectivity index (χ0v) is 12.3. The molecule has 21 heavy (non-hydrogen) atoms. The quantitative estimate of drug-likeness (QED) is 0.763. The number of rotatable bonds is 6. The number of hydrogen-bond donors (Lipinski definition) is 0. The fourth-order valence-corrected chi connectivity index (χ4v) is 1.88. The number of benzene rings is 2. The molecule has 0 aliphatic heterocycles. The third kappa shape index (κ3) is 4.36. The number of Topliss-reactive ketones (excluding diaryl/α,β-unsaturated/α-hetero) is 2. The first-order chi connectivity index (χ1) is 10.1. The monoisotopic (exact) mass is 282 g/mol. The molecular weight excluding hydrogens is 264 g/mol. The molecule has 0 atom stereocenters. The average molecular weight is 282 g/mol. The van der Waals surface area contributed by atoms with Gasteiger partial charge in [-0.15, -0.1) is 0 Å². The molecule has 0 heterocycles. The fraction of sp³-hybridized carbons (Fsp3) is 0.222. The molecule has 0 aliphatic carbocycles. The SMILES string of the molecule is Cc1ccc(C(=O)COCC(=O)c2ccc(C)cc2)cc1. The van der Waals surface area contributed by atoms with Gasteiger partial charge >= 0.3 is 0 Å². The highest BCUT2D eigenvalue weighted by atomic mass is 16.5. The molecule has 0 fully saturated rings. The Bertz CT molecular complexity index is 567. The lowest BCUT2D eigenvalue weighted by Gasteiger charge is -2.04. The summed E-state index contributed by atoms with van der Waals surface area (Å²) in [7, 11) is 0. The van der Waals surface area contributed by atoms with E-state index in [9.17, 15) is 9.59 Å². The second-order valence-corrected chi connectivity index (χ2v) is 5.07. The Kier molecular flexibility index (Phi) is 5.01. The van der Waals surface area contributed by atoms with Crippen LogP contribution in [0.25, 0.3) is 0 Å². The van der Waals surface area contributed by atoms with Gasteiger partial charge in [-0.05, 0) is 13.8 Å². The summed E-state index contributed by atoms with van der Waals surface area (Å²) < 4.78 is 5.23. The summed E-state index contributed by atoms with van der Waals surface area (Å²) in [6.07, 6.45) is 0. The molecule has 0 amide bonds. The Morgan fingerprint density at radius 1 is 0.714 bits per heavy atom. The van der Waals surface area contributed by atoms with Crippen LogP contribution in [0.5, 0.6) is 0 Å². The van der Waals surface area contributed by atoms with Gasteiger partial charge in [0.15, 0.2) is 11.6 Å². The van der Waals surface area contributed by atoms with Gasteiger partial charge < -0.3 is 4.74 Å². The smallest absolute Gasteiger partial charge is 0.188 e. The van der Waals surface area contributed by atoms with Crippen LogP contribution in [-0.4, -0.2) is 24.8 Å². The minimum Gasteiger partial charge on any atom is -0.365 e. The highest BCUT2D eigenvalue weighted by Crippen LogP contribution is 2.06. The lowest BCUT2D eigenvalue weighted by Crippen LogP contribution is -2.15. The summed E-state index contributed by atoms with van der Waals surface area (Å²) in [5.41, 5.74) is 3.40. The van der Waals surface area contributed by atoms with E-state index in [1.807, 2.05) is 38.1 Å². The zero-order valence-electron chi connectivity index (χ0n) is 12.3. The summed E-state index contributed by atoms with van der Waals surface area (Å²) in [5, 5.41) is 0. The third-order valence-corrected chi connectivity index (χ3v) is 3.21. The van der Waals surface area contributed by atoms with E-state index in [1.165, 1.54) is 0 Å². The normalized spacial score (nSPS) is 10.4. The van der Waals surface area contributed by atoms with E-state index in [0.717, 1.165) is 11.1 Å². The maximum atomic E-state index is 11.9. The molecule has 0 spiro atoms. The molecule has 2 aromatic carbocycles. The molecule has 0 N–H and O–H groups in total. The minimum absolute atomic E-state index is 0.0827. The maximum absolute atomic E-state index is 11.9. The maximum Gasteiger partial charge on any atom is 0.188 e. The van der Waals surface area contributed by atoms with Crippen LogP contribution in [0.3, 0.4) is 0 Å². The van der Waals surface area contributed by atoms with Gasteiger partial charge in [-0.3, -0.25) is 9.59 Å². The van der Waals surface area contributed by atoms with Crippen LogP contribution < -0.4 is 0 Å². The van der Waals surface area contributed by atoms with E-state index in [2.05, 4.69) is 0 Å². The van der Waals surface area contributed by atoms with Crippen LogP contribution in [0.2, 0.25) is 0 Å². The van der Waals surface area contributed by atoms with E-state index in [4.69, 9.17) is 4.74 Å². The van der Waals surface area contributed by atoms with Gasteiger partial charge in [0.25, 0.3) is 0 Å². The molecule has 2 rings (SSSR count). The van der Waals surface area contributed by atoms with Crippen molar-refractivity contribution in [1.82, 2.24) is 0 Å². The van der Waals surface area contributed by atoms with Gasteiger partial charge in [-0.25, -0.2) is 0 Å². The number of aryl methyl sites for hydroxylation is 2. The van der Waals surface area contributed by atoms with Gasteiger partial charge in [0.2, 0.25) is 0 Å². The van der Waals surface area contributed by atoms with Crippen LogP contribution in [0.1, 0.15) is 31.8 Å². The number of carbonyl (C=O) groups excluding carboxylic acids is 2. The Balaban J connectivity index is 1.83. The fourth-order valence-electron chi connectivity index (χ4n) is 1.88. The van der Waals surface area contributed by atoms with Crippen molar-refractivity contribution in [3.8, 4) is 0 Å². The molecule has 0 aliphatic rings. The van der Waals surface area contributed by atoms with Crippen LogP contribution in [0, 0.1) is 13.8 Å². The van der Waals surface area contributed by atoms with E-state index >= 15 is 0 Å². The third-order valence-electron chi connectivity index (χ3n) is 3.21. The highest BCUT2D eigenvalue weighted by Gasteiger charge is 2.09. The summed E-state index contributed by atoms with van der Waals surface area (Å²) >= 11 is 0. The summed E-state index contributed by atoms with van der Waals surface area (Å²) in [6.45, 7) is 3.76. The first-order valence-electron chi connectivity index (χ1n) is 6.84. The molecule has 0 radical (unpaired) electrons. The lowest BCUT2D eigenvalue weighted by molar-refractivity contribution is 0.0672. The van der Waals surface area contributed by atoms with Gasteiger partial charge in [0, 0.05) is 11.1 Å². The van der Waals surface area contributed by atoms with E-state index in [0.29, 0.717) is 11.1 Å². The summed E-state index contributed by atoms with van der Waals surface area (Å²) in [4.78, 5) is 23.8. The number of ether oxygens (including phenoxy) is 1. The Hall–Kier alpha value is -2.26. The molecule has 0 aromatic heterocycles. The predicted octanol–water partition coefficient (Wildman–Crippen LogP) is 3.39. The van der Waals surface area contributed by atoms with Crippen molar-refractivity contribution in [2.24, 2.45) is 0 Å². The van der Waals surface area contributed by atoms with Crippen LogP contribution in [0.4, 0.5) is 0 Å². The standard InChI is InChI=1S/C18H18O3/c1-13-3-7-15(8-4-13)17(19)11-21-12-18(20)16-9-5-14(2)6-10-16/h3-10H,11-12H2,1-2H3. The van der Waals surface area contributed by atoms with Gasteiger partial charge in [0.05, 0.1) is 0 Å². The Labute approximate surface area is 124 Å². The average Bonchev–Trinajstić information content (AvgIpc) is 2.48. The molecule has 3 nitrogen and oxygen atoms in total. The first kappa shape index (κ1) is 15.1. The molecule has 0 saturated carbocycles. The van der Waals surface area contributed by atoms with Gasteiger partial charge in [-0.2, -0.15) is 0 Å². The van der Waals surface area contributed by atoms with Crippen LogP contribution in [0.15, 0.2) is 48.5 Å². The first-order valence-corrected chi connectivity index (χ1v) is 6.84. The Morgan fingerprint density at radius 2 is 1.05 bits per heavy atom. The van der Waals surface area contributed by atoms with Crippen molar-refractivity contribution in [3.63, 3.8) is 0 Å².